The highest BCUT2D eigenvalue weighted by Gasteiger charge is 2.51. The van der Waals surface area contributed by atoms with E-state index >= 15 is 0 Å². The Balaban J connectivity index is 5.53. The van der Waals surface area contributed by atoms with Gasteiger partial charge in [-0.2, -0.15) is 12.6 Å². The van der Waals surface area contributed by atoms with E-state index in [2.05, 4.69) is 12.6 Å². The number of thiol groups is 1. The maximum Gasteiger partial charge on any atom is 0.202 e. The Labute approximate surface area is 93.8 Å². The SMILES string of the molecule is CC(=O)C(C(C)=O)(C(C)=O)C(=O)CCS. The normalized spacial score (nSPS) is 10.9. The van der Waals surface area contributed by atoms with Crippen LogP contribution in [0.3, 0.4) is 0 Å². The predicted octanol–water partition coefficient (Wildman–Crippen LogP) is 0.629. The van der Waals surface area contributed by atoms with Crippen LogP contribution in [-0.2, 0) is 19.2 Å². The molecule has 0 aromatic carbocycles. The van der Waals surface area contributed by atoms with Crippen molar-refractivity contribution in [3.63, 3.8) is 0 Å². The van der Waals surface area contributed by atoms with E-state index in [0.29, 0.717) is 0 Å². The molecule has 0 aromatic heterocycles. The minimum absolute atomic E-state index is 0.0676. The molecule has 0 aliphatic heterocycles. The summed E-state index contributed by atoms with van der Waals surface area (Å²) in [5, 5.41) is 0. The molecular formula is C10H14O4S. The fraction of sp³-hybridized carbons (Fsp3) is 0.600. The van der Waals surface area contributed by atoms with Crippen LogP contribution in [0.5, 0.6) is 0 Å². The Bertz CT molecular complexity index is 283. The molecule has 0 fully saturated rings. The fourth-order valence-corrected chi connectivity index (χ4v) is 1.82. The van der Waals surface area contributed by atoms with Gasteiger partial charge in [0.15, 0.2) is 23.1 Å². The van der Waals surface area contributed by atoms with Crippen molar-refractivity contribution in [3.8, 4) is 0 Å². The van der Waals surface area contributed by atoms with Gasteiger partial charge in [0.05, 0.1) is 0 Å². The molecule has 0 amide bonds. The van der Waals surface area contributed by atoms with Crippen molar-refractivity contribution in [2.24, 2.45) is 5.41 Å². The molecule has 0 aliphatic rings. The van der Waals surface area contributed by atoms with Crippen molar-refractivity contribution in [3.05, 3.63) is 0 Å². The second-order valence-electron chi connectivity index (χ2n) is 3.32. The van der Waals surface area contributed by atoms with Crippen LogP contribution in [0.15, 0.2) is 0 Å². The topological polar surface area (TPSA) is 68.3 Å². The smallest absolute Gasteiger partial charge is 0.202 e. The number of ketones is 4. The molecular weight excluding hydrogens is 216 g/mol. The van der Waals surface area contributed by atoms with Crippen LogP contribution in [0.1, 0.15) is 27.2 Å². The number of Topliss-reactive ketones (excluding diaryl/α,β-unsaturated/α-hetero) is 4. The minimum Gasteiger partial charge on any atom is -0.298 e. The second kappa shape index (κ2) is 5.21. The number of carbonyl (C=O) groups excluding carboxylic acids is 4. The maximum absolute atomic E-state index is 11.7. The molecule has 0 aromatic rings. The summed E-state index contributed by atoms with van der Waals surface area (Å²) in [6.07, 6.45) is -0.0676. The first-order valence-electron chi connectivity index (χ1n) is 4.49. The molecule has 0 saturated heterocycles. The average Bonchev–Trinajstić information content (AvgIpc) is 2.02. The first-order valence-corrected chi connectivity index (χ1v) is 5.12. The fourth-order valence-electron chi connectivity index (χ4n) is 1.62. The molecule has 0 radical (unpaired) electrons. The number of carbonyl (C=O) groups is 4. The third kappa shape index (κ3) is 2.34. The van der Waals surface area contributed by atoms with Crippen LogP contribution in [0.2, 0.25) is 0 Å². The Kier molecular flexibility index (Phi) is 4.87. The molecule has 0 unspecified atom stereocenters. The highest BCUT2D eigenvalue weighted by molar-refractivity contribution is 7.80. The van der Waals surface area contributed by atoms with Gasteiger partial charge in [0.25, 0.3) is 0 Å². The Morgan fingerprint density at radius 2 is 1.27 bits per heavy atom. The van der Waals surface area contributed by atoms with E-state index in [1.165, 1.54) is 0 Å². The summed E-state index contributed by atoms with van der Waals surface area (Å²) < 4.78 is 0. The first-order chi connectivity index (χ1) is 6.81. The zero-order chi connectivity index (χ0) is 12.2. The molecule has 0 bridgehead atoms. The van der Waals surface area contributed by atoms with Crippen molar-refractivity contribution in [2.45, 2.75) is 27.2 Å². The number of rotatable bonds is 6. The molecule has 4 nitrogen and oxygen atoms in total. The molecule has 15 heavy (non-hydrogen) atoms. The average molecular weight is 230 g/mol. The van der Waals surface area contributed by atoms with Gasteiger partial charge in [0.2, 0.25) is 5.41 Å². The van der Waals surface area contributed by atoms with E-state index in [1.807, 2.05) is 0 Å². The van der Waals surface area contributed by atoms with Gasteiger partial charge in [0.1, 0.15) is 0 Å². The van der Waals surface area contributed by atoms with Crippen LogP contribution >= 0.6 is 12.6 Å². The van der Waals surface area contributed by atoms with Gasteiger partial charge in [-0.1, -0.05) is 0 Å². The van der Waals surface area contributed by atoms with Gasteiger partial charge in [-0.25, -0.2) is 0 Å². The van der Waals surface area contributed by atoms with Crippen LogP contribution in [0, 0.1) is 5.41 Å². The lowest BCUT2D eigenvalue weighted by Gasteiger charge is -2.23. The molecule has 84 valence electrons. The van der Waals surface area contributed by atoms with Crippen molar-refractivity contribution in [1.82, 2.24) is 0 Å². The lowest BCUT2D eigenvalue weighted by atomic mass is 9.72. The lowest BCUT2D eigenvalue weighted by Crippen LogP contribution is -2.49. The van der Waals surface area contributed by atoms with E-state index < -0.39 is 28.5 Å². The monoisotopic (exact) mass is 230 g/mol. The van der Waals surface area contributed by atoms with Crippen molar-refractivity contribution < 1.29 is 19.2 Å². The summed E-state index contributed by atoms with van der Waals surface area (Å²) in [4.78, 5) is 45.8. The second-order valence-corrected chi connectivity index (χ2v) is 3.76. The number of hydrogen-bond acceptors (Lipinski definition) is 5. The predicted molar refractivity (Wildman–Crippen MR) is 58.0 cm³/mol. The molecule has 0 rings (SSSR count). The van der Waals surface area contributed by atoms with Crippen molar-refractivity contribution in [2.75, 3.05) is 5.75 Å². The molecule has 5 heteroatoms. The zero-order valence-corrected chi connectivity index (χ0v) is 9.89. The molecule has 0 heterocycles. The van der Waals surface area contributed by atoms with Crippen molar-refractivity contribution in [1.29, 1.82) is 0 Å². The highest BCUT2D eigenvalue weighted by atomic mass is 32.1. The molecule has 0 N–H and O–H groups in total. The first kappa shape index (κ1) is 14.0. The van der Waals surface area contributed by atoms with Crippen LogP contribution < -0.4 is 0 Å². The molecule has 0 spiro atoms. The van der Waals surface area contributed by atoms with E-state index in [4.69, 9.17) is 0 Å². The summed E-state index contributed by atoms with van der Waals surface area (Å²) >= 11 is 3.84. The van der Waals surface area contributed by atoms with E-state index in [-0.39, 0.29) is 12.2 Å². The highest BCUT2D eigenvalue weighted by Crippen LogP contribution is 2.25. The molecule has 0 saturated carbocycles. The van der Waals surface area contributed by atoms with Gasteiger partial charge in [-0.15, -0.1) is 0 Å². The minimum atomic E-state index is -2.09. The Hall–Kier alpha value is -0.970. The quantitative estimate of drug-likeness (QED) is 0.536. The summed E-state index contributed by atoms with van der Waals surface area (Å²) in [5.74, 6) is -2.60. The third-order valence-corrected chi connectivity index (χ3v) is 2.57. The largest absolute Gasteiger partial charge is 0.298 e. The van der Waals surface area contributed by atoms with Gasteiger partial charge >= 0.3 is 0 Å². The van der Waals surface area contributed by atoms with E-state index in [9.17, 15) is 19.2 Å². The molecule has 0 atom stereocenters. The summed E-state index contributed by atoms with van der Waals surface area (Å²) in [7, 11) is 0. The lowest BCUT2D eigenvalue weighted by molar-refractivity contribution is -0.152. The van der Waals surface area contributed by atoms with Gasteiger partial charge in [-0.05, 0) is 26.5 Å². The molecule has 0 aliphatic carbocycles. The Morgan fingerprint density at radius 3 is 1.47 bits per heavy atom. The van der Waals surface area contributed by atoms with Gasteiger partial charge in [-0.3, -0.25) is 19.2 Å². The standard InChI is InChI=1S/C10H14O4S/c1-6(11)10(7(2)12,8(3)13)9(14)4-5-15/h15H,4-5H2,1-3H3. The maximum atomic E-state index is 11.7. The van der Waals surface area contributed by atoms with Crippen LogP contribution in [0.4, 0.5) is 0 Å². The van der Waals surface area contributed by atoms with Crippen LogP contribution in [0.25, 0.3) is 0 Å². The van der Waals surface area contributed by atoms with Crippen LogP contribution in [-0.4, -0.2) is 28.9 Å². The summed E-state index contributed by atoms with van der Waals surface area (Å²) in [6, 6.07) is 0. The summed E-state index contributed by atoms with van der Waals surface area (Å²) in [5.41, 5.74) is -2.09. The zero-order valence-electron chi connectivity index (χ0n) is 8.99. The van der Waals surface area contributed by atoms with Crippen molar-refractivity contribution >= 4 is 35.8 Å². The number of hydrogen-bond donors (Lipinski definition) is 1. The Morgan fingerprint density at radius 1 is 0.933 bits per heavy atom. The van der Waals surface area contributed by atoms with Gasteiger partial charge < -0.3 is 0 Å². The van der Waals surface area contributed by atoms with Gasteiger partial charge in [0, 0.05) is 6.42 Å². The van der Waals surface area contributed by atoms with E-state index in [1.54, 1.807) is 0 Å². The van der Waals surface area contributed by atoms with E-state index in [0.717, 1.165) is 20.8 Å². The third-order valence-electron chi connectivity index (χ3n) is 2.34. The summed E-state index contributed by atoms with van der Waals surface area (Å²) in [6.45, 7) is 3.25.